The number of carbonyl (C=O) groups excluding carboxylic acids is 1. The van der Waals surface area contributed by atoms with Crippen molar-refractivity contribution in [2.45, 2.75) is 25.4 Å². The summed E-state index contributed by atoms with van der Waals surface area (Å²) in [7, 11) is 0. The summed E-state index contributed by atoms with van der Waals surface area (Å²) in [6, 6.07) is 5.87. The predicted molar refractivity (Wildman–Crippen MR) is 71.8 cm³/mol. The van der Waals surface area contributed by atoms with Crippen LogP contribution in [0.5, 0.6) is 0 Å². The smallest absolute Gasteiger partial charge is 0.319 e. The van der Waals surface area contributed by atoms with Crippen molar-refractivity contribution in [1.29, 1.82) is 5.26 Å². The van der Waals surface area contributed by atoms with Crippen molar-refractivity contribution in [3.8, 4) is 6.07 Å². The van der Waals surface area contributed by atoms with Gasteiger partial charge in [-0.1, -0.05) is 15.9 Å². The van der Waals surface area contributed by atoms with E-state index in [-0.39, 0.29) is 18.4 Å². The number of urea groups is 1. The van der Waals surface area contributed by atoms with Gasteiger partial charge < -0.3 is 10.2 Å². The third kappa shape index (κ3) is 2.56. The summed E-state index contributed by atoms with van der Waals surface area (Å²) in [5, 5.41) is 11.8. The number of benzene rings is 1. The van der Waals surface area contributed by atoms with Crippen LogP contribution in [0.2, 0.25) is 0 Å². The highest BCUT2D eigenvalue weighted by Gasteiger charge is 2.39. The molecular formula is C13H13BrFN3O. The molecular weight excluding hydrogens is 313 g/mol. The Labute approximate surface area is 119 Å². The zero-order valence-electron chi connectivity index (χ0n) is 10.6. The predicted octanol–water partition coefficient (Wildman–Crippen LogP) is 2.96. The molecule has 0 radical (unpaired) electrons. The number of nitriles is 1. The first-order valence-corrected chi connectivity index (χ1v) is 6.59. The van der Waals surface area contributed by atoms with Crippen molar-refractivity contribution in [2.75, 3.05) is 6.54 Å². The maximum absolute atomic E-state index is 13.8. The monoisotopic (exact) mass is 325 g/mol. The Balaban J connectivity index is 2.29. The van der Waals surface area contributed by atoms with Gasteiger partial charge in [0.05, 0.1) is 12.1 Å². The third-order valence-corrected chi connectivity index (χ3v) is 3.68. The van der Waals surface area contributed by atoms with Crippen LogP contribution < -0.4 is 5.32 Å². The molecule has 0 spiro atoms. The molecule has 1 aliphatic rings. The highest BCUT2D eigenvalue weighted by atomic mass is 79.9. The van der Waals surface area contributed by atoms with Gasteiger partial charge in [-0.05, 0) is 32.0 Å². The molecule has 1 aromatic carbocycles. The molecule has 6 heteroatoms. The number of hydrogen-bond donors (Lipinski definition) is 1. The minimum atomic E-state index is -0.915. The number of nitrogens with one attached hydrogen (secondary N) is 1. The van der Waals surface area contributed by atoms with E-state index in [1.807, 2.05) is 0 Å². The summed E-state index contributed by atoms with van der Waals surface area (Å²) < 4.78 is 14.5. The Morgan fingerprint density at radius 1 is 1.58 bits per heavy atom. The number of nitrogens with zero attached hydrogens (tertiary/aromatic N) is 2. The molecule has 0 aromatic heterocycles. The molecule has 1 unspecified atom stereocenters. The fraction of sp³-hybridized carbons (Fsp3) is 0.385. The average Bonchev–Trinajstić information content (AvgIpc) is 2.75. The Hall–Kier alpha value is -1.61. The van der Waals surface area contributed by atoms with Crippen molar-refractivity contribution in [1.82, 2.24) is 10.2 Å². The molecule has 1 heterocycles. The molecule has 1 aliphatic heterocycles. The normalized spacial score (nSPS) is 19.2. The van der Waals surface area contributed by atoms with Gasteiger partial charge in [-0.15, -0.1) is 0 Å². The van der Waals surface area contributed by atoms with Gasteiger partial charge in [0, 0.05) is 16.6 Å². The zero-order chi connectivity index (χ0) is 14.2. The second-order valence-corrected chi connectivity index (χ2v) is 5.87. The van der Waals surface area contributed by atoms with Gasteiger partial charge in [-0.2, -0.15) is 5.26 Å². The summed E-state index contributed by atoms with van der Waals surface area (Å²) >= 11 is 3.28. The molecule has 1 N–H and O–H groups in total. The van der Waals surface area contributed by atoms with Crippen LogP contribution in [0.3, 0.4) is 0 Å². The lowest BCUT2D eigenvalue weighted by molar-refractivity contribution is 0.186. The lowest BCUT2D eigenvalue weighted by Crippen LogP contribution is -2.44. The van der Waals surface area contributed by atoms with Crippen molar-refractivity contribution in [3.05, 3.63) is 34.1 Å². The maximum Gasteiger partial charge on any atom is 0.319 e. The molecule has 1 atom stereocenters. The number of halogens is 2. The van der Waals surface area contributed by atoms with E-state index >= 15 is 0 Å². The van der Waals surface area contributed by atoms with Crippen molar-refractivity contribution >= 4 is 22.0 Å². The second-order valence-electron chi connectivity index (χ2n) is 4.95. The minimum Gasteiger partial charge on any atom is -0.329 e. The molecule has 1 fully saturated rings. The van der Waals surface area contributed by atoms with E-state index in [1.165, 1.54) is 11.0 Å². The Kier molecular flexibility index (Phi) is 3.50. The van der Waals surface area contributed by atoms with Crippen LogP contribution in [0, 0.1) is 17.1 Å². The number of carbonyl (C=O) groups is 1. The van der Waals surface area contributed by atoms with Gasteiger partial charge in [0.1, 0.15) is 11.4 Å². The Bertz CT molecular complexity index is 567. The number of hydrogen-bond acceptors (Lipinski definition) is 2. The third-order valence-electron chi connectivity index (χ3n) is 3.19. The van der Waals surface area contributed by atoms with Crippen LogP contribution in [0.25, 0.3) is 0 Å². The van der Waals surface area contributed by atoms with Crippen LogP contribution in [0.1, 0.15) is 25.5 Å². The van der Waals surface area contributed by atoms with Crippen LogP contribution in [-0.2, 0) is 0 Å². The van der Waals surface area contributed by atoms with Crippen LogP contribution in [0.15, 0.2) is 22.7 Å². The molecule has 19 heavy (non-hydrogen) atoms. The average molecular weight is 326 g/mol. The van der Waals surface area contributed by atoms with E-state index in [1.54, 1.807) is 26.0 Å². The SMILES string of the molecule is CC(C)(C#N)N1CC(c2cc(Br)ccc2F)NC1=O. The Morgan fingerprint density at radius 3 is 2.89 bits per heavy atom. The first-order chi connectivity index (χ1) is 8.85. The standard InChI is InChI=1S/C13H13BrFN3O/c1-13(2,7-16)18-6-11(17-12(18)19)9-5-8(14)3-4-10(9)15/h3-5,11H,6H2,1-2H3,(H,17,19). The largest absolute Gasteiger partial charge is 0.329 e. The molecule has 4 nitrogen and oxygen atoms in total. The van der Waals surface area contributed by atoms with E-state index < -0.39 is 11.6 Å². The van der Waals surface area contributed by atoms with Crippen LogP contribution in [-0.4, -0.2) is 23.0 Å². The van der Waals surface area contributed by atoms with Gasteiger partial charge in [0.2, 0.25) is 0 Å². The first-order valence-electron chi connectivity index (χ1n) is 5.79. The highest BCUT2D eigenvalue weighted by molar-refractivity contribution is 9.10. The molecule has 2 amide bonds. The maximum atomic E-state index is 13.8. The molecule has 0 bridgehead atoms. The summed E-state index contributed by atoms with van der Waals surface area (Å²) in [6.45, 7) is 3.59. The quantitative estimate of drug-likeness (QED) is 0.908. The van der Waals surface area contributed by atoms with Gasteiger partial charge >= 0.3 is 6.03 Å². The van der Waals surface area contributed by atoms with Gasteiger partial charge in [0.15, 0.2) is 0 Å². The molecule has 1 aromatic rings. The second kappa shape index (κ2) is 4.82. The summed E-state index contributed by atoms with van der Waals surface area (Å²) in [6.07, 6.45) is 0. The molecule has 100 valence electrons. The highest BCUT2D eigenvalue weighted by Crippen LogP contribution is 2.29. The topological polar surface area (TPSA) is 56.1 Å². The van der Waals surface area contributed by atoms with E-state index in [0.717, 1.165) is 4.47 Å². The first kappa shape index (κ1) is 13.8. The zero-order valence-corrected chi connectivity index (χ0v) is 12.2. The summed E-state index contributed by atoms with van der Waals surface area (Å²) in [5.74, 6) is -0.370. The van der Waals surface area contributed by atoms with Gasteiger partial charge in [-0.3, -0.25) is 0 Å². The van der Waals surface area contributed by atoms with E-state index in [9.17, 15) is 9.18 Å². The van der Waals surface area contributed by atoms with Crippen LogP contribution >= 0.6 is 15.9 Å². The number of amides is 2. The van der Waals surface area contributed by atoms with Gasteiger partial charge in [-0.25, -0.2) is 9.18 Å². The van der Waals surface area contributed by atoms with Crippen molar-refractivity contribution in [2.24, 2.45) is 0 Å². The summed E-state index contributed by atoms with van der Waals surface area (Å²) in [5.41, 5.74) is -0.500. The molecule has 0 saturated carbocycles. The number of rotatable bonds is 2. The van der Waals surface area contributed by atoms with E-state index in [4.69, 9.17) is 5.26 Å². The fourth-order valence-corrected chi connectivity index (χ4v) is 2.42. The molecule has 0 aliphatic carbocycles. The fourth-order valence-electron chi connectivity index (χ4n) is 2.04. The lowest BCUT2D eigenvalue weighted by atomic mass is 10.0. The molecule has 2 rings (SSSR count). The van der Waals surface area contributed by atoms with Crippen LogP contribution in [0.4, 0.5) is 9.18 Å². The van der Waals surface area contributed by atoms with Crippen molar-refractivity contribution < 1.29 is 9.18 Å². The van der Waals surface area contributed by atoms with Gasteiger partial charge in [0.25, 0.3) is 0 Å². The van der Waals surface area contributed by atoms with E-state index in [2.05, 4.69) is 27.3 Å². The lowest BCUT2D eigenvalue weighted by Gasteiger charge is -2.27. The van der Waals surface area contributed by atoms with E-state index in [0.29, 0.717) is 5.56 Å². The Morgan fingerprint density at radius 2 is 2.26 bits per heavy atom. The summed E-state index contributed by atoms with van der Waals surface area (Å²) in [4.78, 5) is 13.3. The van der Waals surface area contributed by atoms with Crippen molar-refractivity contribution in [3.63, 3.8) is 0 Å². The minimum absolute atomic E-state index is 0.271. The molecule has 1 saturated heterocycles.